The van der Waals surface area contributed by atoms with Crippen molar-refractivity contribution in [3.8, 4) is 0 Å². The van der Waals surface area contributed by atoms with Gasteiger partial charge in [0, 0.05) is 0 Å². The van der Waals surface area contributed by atoms with Gasteiger partial charge in [0.1, 0.15) is 11.9 Å². The van der Waals surface area contributed by atoms with Crippen molar-refractivity contribution in [1.82, 2.24) is 5.32 Å². The van der Waals surface area contributed by atoms with Crippen LogP contribution in [0.25, 0.3) is 0 Å². The lowest BCUT2D eigenvalue weighted by atomic mass is 10.1. The molecule has 92 valence electrons. The molecule has 0 heterocycles. The van der Waals surface area contributed by atoms with Crippen molar-refractivity contribution in [1.29, 1.82) is 0 Å². The summed E-state index contributed by atoms with van der Waals surface area (Å²) in [5, 5.41) is 2.35. The van der Waals surface area contributed by atoms with E-state index in [1.807, 2.05) is 0 Å². The summed E-state index contributed by atoms with van der Waals surface area (Å²) in [7, 11) is 1.22. The second-order valence-electron chi connectivity index (χ2n) is 3.70. The van der Waals surface area contributed by atoms with Gasteiger partial charge in [0.25, 0.3) is 5.91 Å². The highest BCUT2D eigenvalue weighted by molar-refractivity contribution is 5.96. The fraction of sp³-hybridized carbons (Fsp3) is 0.333. The van der Waals surface area contributed by atoms with Gasteiger partial charge in [-0.1, -0.05) is 6.07 Å². The van der Waals surface area contributed by atoms with E-state index in [1.54, 1.807) is 13.0 Å². The second kappa shape index (κ2) is 5.43. The number of nitrogens with one attached hydrogen (secondary N) is 1. The lowest BCUT2D eigenvalue weighted by Crippen LogP contribution is -2.39. The van der Waals surface area contributed by atoms with Gasteiger partial charge in [0.05, 0.1) is 12.7 Å². The van der Waals surface area contributed by atoms with Gasteiger partial charge < -0.3 is 10.1 Å². The summed E-state index contributed by atoms with van der Waals surface area (Å²) in [5.74, 6) is -1.83. The number of amides is 1. The third kappa shape index (κ3) is 3.27. The number of benzene rings is 1. The summed E-state index contributed by atoms with van der Waals surface area (Å²) in [6, 6.07) is 3.45. The number of methoxy groups -OCH3 is 1. The lowest BCUT2D eigenvalue weighted by molar-refractivity contribution is -0.142. The van der Waals surface area contributed by atoms with Crippen molar-refractivity contribution >= 4 is 11.9 Å². The first-order chi connectivity index (χ1) is 7.95. The molecule has 0 aliphatic carbocycles. The van der Waals surface area contributed by atoms with Crippen molar-refractivity contribution in [2.75, 3.05) is 7.11 Å². The molecule has 0 aliphatic rings. The fourth-order valence-corrected chi connectivity index (χ4v) is 1.31. The molecule has 1 aromatic carbocycles. The van der Waals surface area contributed by atoms with Crippen LogP contribution >= 0.6 is 0 Å². The number of hydrogen-bond acceptors (Lipinski definition) is 3. The molecule has 1 rings (SSSR count). The average molecular weight is 239 g/mol. The van der Waals surface area contributed by atoms with E-state index in [2.05, 4.69) is 10.1 Å². The van der Waals surface area contributed by atoms with Gasteiger partial charge in [-0.3, -0.25) is 4.79 Å². The number of carbonyl (C=O) groups is 2. The Bertz CT molecular complexity index is 445. The Kier molecular flexibility index (Phi) is 4.20. The van der Waals surface area contributed by atoms with E-state index >= 15 is 0 Å². The highest BCUT2D eigenvalue weighted by Gasteiger charge is 2.18. The normalized spacial score (nSPS) is 11.8. The smallest absolute Gasteiger partial charge is 0.328 e. The number of esters is 1. The van der Waals surface area contributed by atoms with Crippen LogP contribution in [0, 0.1) is 12.7 Å². The average Bonchev–Trinajstić information content (AvgIpc) is 2.27. The van der Waals surface area contributed by atoms with Crippen molar-refractivity contribution in [2.45, 2.75) is 19.9 Å². The van der Waals surface area contributed by atoms with Crippen molar-refractivity contribution in [3.05, 3.63) is 35.1 Å². The molecule has 1 N–H and O–H groups in total. The number of hydrogen-bond donors (Lipinski definition) is 1. The number of aryl methyl sites for hydroxylation is 1. The highest BCUT2D eigenvalue weighted by atomic mass is 19.1. The second-order valence-corrected chi connectivity index (χ2v) is 3.70. The monoisotopic (exact) mass is 239 g/mol. The Morgan fingerprint density at radius 3 is 2.59 bits per heavy atom. The SMILES string of the molecule is COC(=O)[C@H](C)NC(=O)c1ccc(C)cc1F. The summed E-state index contributed by atoms with van der Waals surface area (Å²) in [6.45, 7) is 3.19. The van der Waals surface area contributed by atoms with E-state index in [1.165, 1.54) is 26.2 Å². The van der Waals surface area contributed by atoms with Gasteiger partial charge in [-0.2, -0.15) is 0 Å². The molecule has 17 heavy (non-hydrogen) atoms. The van der Waals surface area contributed by atoms with E-state index in [0.717, 1.165) is 5.56 Å². The van der Waals surface area contributed by atoms with Gasteiger partial charge in [0.15, 0.2) is 0 Å². The molecule has 0 aliphatic heterocycles. The molecule has 1 amide bonds. The molecule has 0 saturated carbocycles. The zero-order valence-electron chi connectivity index (χ0n) is 9.91. The molecule has 1 atom stereocenters. The number of rotatable bonds is 3. The first kappa shape index (κ1) is 13.2. The minimum Gasteiger partial charge on any atom is -0.467 e. The van der Waals surface area contributed by atoms with Crippen molar-refractivity contribution in [2.24, 2.45) is 0 Å². The minimum atomic E-state index is -0.812. The quantitative estimate of drug-likeness (QED) is 0.812. The van der Waals surface area contributed by atoms with E-state index in [9.17, 15) is 14.0 Å². The summed E-state index contributed by atoms with van der Waals surface area (Å²) < 4.78 is 17.9. The molecule has 0 radical (unpaired) electrons. The minimum absolute atomic E-state index is 0.0913. The summed E-state index contributed by atoms with van der Waals surface area (Å²) >= 11 is 0. The van der Waals surface area contributed by atoms with Gasteiger partial charge >= 0.3 is 5.97 Å². The number of ether oxygens (including phenoxy) is 1. The molecule has 0 fully saturated rings. The first-order valence-corrected chi connectivity index (χ1v) is 5.10. The van der Waals surface area contributed by atoms with Crippen LogP contribution in [0.2, 0.25) is 0 Å². The van der Waals surface area contributed by atoms with Crippen LogP contribution in [-0.4, -0.2) is 25.0 Å². The van der Waals surface area contributed by atoms with Crippen LogP contribution < -0.4 is 5.32 Å². The van der Waals surface area contributed by atoms with Crippen LogP contribution in [0.4, 0.5) is 4.39 Å². The maximum absolute atomic E-state index is 13.5. The molecule has 0 spiro atoms. The molecular weight excluding hydrogens is 225 g/mol. The van der Waals surface area contributed by atoms with Crippen LogP contribution in [-0.2, 0) is 9.53 Å². The Balaban J connectivity index is 2.80. The highest BCUT2D eigenvalue weighted by Crippen LogP contribution is 2.09. The Morgan fingerprint density at radius 2 is 2.06 bits per heavy atom. The molecule has 0 unspecified atom stereocenters. The predicted molar refractivity (Wildman–Crippen MR) is 60.1 cm³/mol. The van der Waals surface area contributed by atoms with Crippen LogP contribution in [0.3, 0.4) is 0 Å². The van der Waals surface area contributed by atoms with Gasteiger partial charge in [0.2, 0.25) is 0 Å². The third-order valence-electron chi connectivity index (χ3n) is 2.27. The molecule has 1 aromatic rings. The van der Waals surface area contributed by atoms with Crippen LogP contribution in [0.5, 0.6) is 0 Å². The third-order valence-corrected chi connectivity index (χ3v) is 2.27. The standard InChI is InChI=1S/C12H14FNO3/c1-7-4-5-9(10(13)6-7)11(15)14-8(2)12(16)17-3/h4-6,8H,1-3H3,(H,14,15)/t8-/m0/s1. The molecule has 0 bridgehead atoms. The number of carbonyl (C=O) groups excluding carboxylic acids is 2. The Hall–Kier alpha value is -1.91. The maximum atomic E-state index is 13.5. The zero-order chi connectivity index (χ0) is 13.0. The van der Waals surface area contributed by atoms with Crippen LogP contribution in [0.1, 0.15) is 22.8 Å². The topological polar surface area (TPSA) is 55.4 Å². The first-order valence-electron chi connectivity index (χ1n) is 5.10. The zero-order valence-corrected chi connectivity index (χ0v) is 9.91. The lowest BCUT2D eigenvalue weighted by Gasteiger charge is -2.12. The summed E-state index contributed by atoms with van der Waals surface area (Å²) in [4.78, 5) is 22.7. The summed E-state index contributed by atoms with van der Waals surface area (Å²) in [6.07, 6.45) is 0. The van der Waals surface area contributed by atoms with E-state index in [-0.39, 0.29) is 5.56 Å². The Labute approximate surface area is 98.8 Å². The summed E-state index contributed by atoms with van der Waals surface area (Å²) in [5.41, 5.74) is 0.631. The van der Waals surface area contributed by atoms with Crippen LogP contribution in [0.15, 0.2) is 18.2 Å². The largest absolute Gasteiger partial charge is 0.467 e. The molecule has 0 saturated heterocycles. The van der Waals surface area contributed by atoms with Crippen molar-refractivity contribution in [3.63, 3.8) is 0 Å². The van der Waals surface area contributed by atoms with Gasteiger partial charge in [-0.05, 0) is 31.5 Å². The van der Waals surface area contributed by atoms with E-state index in [4.69, 9.17) is 0 Å². The molecule has 5 heteroatoms. The molecular formula is C12H14FNO3. The van der Waals surface area contributed by atoms with E-state index in [0.29, 0.717) is 0 Å². The van der Waals surface area contributed by atoms with Crippen molar-refractivity contribution < 1.29 is 18.7 Å². The molecule has 0 aromatic heterocycles. The maximum Gasteiger partial charge on any atom is 0.328 e. The fourth-order valence-electron chi connectivity index (χ4n) is 1.31. The van der Waals surface area contributed by atoms with Gasteiger partial charge in [-0.25, -0.2) is 9.18 Å². The Morgan fingerprint density at radius 1 is 1.41 bits per heavy atom. The molecule has 4 nitrogen and oxygen atoms in total. The predicted octanol–water partition coefficient (Wildman–Crippen LogP) is 1.43. The van der Waals surface area contributed by atoms with E-state index < -0.39 is 23.7 Å². The van der Waals surface area contributed by atoms with Gasteiger partial charge in [-0.15, -0.1) is 0 Å². The number of halogens is 1.